The molecule has 0 saturated carbocycles. The predicted molar refractivity (Wildman–Crippen MR) is 90.5 cm³/mol. The lowest BCUT2D eigenvalue weighted by Gasteiger charge is -2.28. The fourth-order valence-corrected chi connectivity index (χ4v) is 3.60. The first-order chi connectivity index (χ1) is 10.3. The molecule has 0 bridgehead atoms. The van der Waals surface area contributed by atoms with Crippen LogP contribution in [0.5, 0.6) is 0 Å². The SMILES string of the molecule is CN1CCC[C@H](C(=O)NCCCSCc2ccccc2)C1. The van der Waals surface area contributed by atoms with Gasteiger partial charge in [0, 0.05) is 18.8 Å². The summed E-state index contributed by atoms with van der Waals surface area (Å²) in [4.78, 5) is 14.3. The van der Waals surface area contributed by atoms with Crippen LogP contribution < -0.4 is 5.32 Å². The molecule has 1 fully saturated rings. The maximum Gasteiger partial charge on any atom is 0.224 e. The molecule has 21 heavy (non-hydrogen) atoms. The van der Waals surface area contributed by atoms with Crippen molar-refractivity contribution in [3.63, 3.8) is 0 Å². The Balaban J connectivity index is 1.52. The number of carbonyl (C=O) groups is 1. The lowest BCUT2D eigenvalue weighted by molar-refractivity contribution is -0.126. The molecular formula is C17H26N2OS. The first kappa shape index (κ1) is 16.4. The third-order valence-corrected chi connectivity index (χ3v) is 4.99. The van der Waals surface area contributed by atoms with E-state index in [4.69, 9.17) is 0 Å². The first-order valence-corrected chi connectivity index (χ1v) is 8.99. The Labute approximate surface area is 132 Å². The second-order valence-electron chi connectivity index (χ2n) is 5.78. The van der Waals surface area contributed by atoms with Gasteiger partial charge >= 0.3 is 0 Å². The summed E-state index contributed by atoms with van der Waals surface area (Å²) in [6, 6.07) is 10.5. The fraction of sp³-hybridized carbons (Fsp3) is 0.588. The van der Waals surface area contributed by atoms with Crippen LogP contribution in [0.2, 0.25) is 0 Å². The monoisotopic (exact) mass is 306 g/mol. The van der Waals surface area contributed by atoms with E-state index in [1.54, 1.807) is 0 Å². The van der Waals surface area contributed by atoms with Gasteiger partial charge in [0.05, 0.1) is 5.92 Å². The molecule has 1 N–H and O–H groups in total. The first-order valence-electron chi connectivity index (χ1n) is 7.83. The van der Waals surface area contributed by atoms with E-state index in [1.807, 2.05) is 17.8 Å². The Morgan fingerprint density at radius 2 is 2.19 bits per heavy atom. The smallest absolute Gasteiger partial charge is 0.224 e. The highest BCUT2D eigenvalue weighted by Gasteiger charge is 2.23. The highest BCUT2D eigenvalue weighted by Crippen LogP contribution is 2.15. The van der Waals surface area contributed by atoms with Crippen LogP contribution in [0.15, 0.2) is 30.3 Å². The molecule has 2 rings (SSSR count). The Bertz CT molecular complexity index is 424. The molecule has 0 spiro atoms. The van der Waals surface area contributed by atoms with E-state index in [-0.39, 0.29) is 11.8 Å². The molecule has 1 aliphatic heterocycles. The average molecular weight is 306 g/mol. The highest BCUT2D eigenvalue weighted by molar-refractivity contribution is 7.98. The van der Waals surface area contributed by atoms with Crippen LogP contribution in [-0.4, -0.2) is 43.2 Å². The summed E-state index contributed by atoms with van der Waals surface area (Å²) in [7, 11) is 2.10. The molecular weight excluding hydrogens is 280 g/mol. The van der Waals surface area contributed by atoms with Crippen molar-refractivity contribution >= 4 is 17.7 Å². The van der Waals surface area contributed by atoms with E-state index in [0.29, 0.717) is 0 Å². The van der Waals surface area contributed by atoms with Gasteiger partial charge in [-0.05, 0) is 44.2 Å². The molecule has 4 heteroatoms. The summed E-state index contributed by atoms with van der Waals surface area (Å²) in [6.07, 6.45) is 3.23. The lowest BCUT2D eigenvalue weighted by atomic mass is 9.98. The highest BCUT2D eigenvalue weighted by atomic mass is 32.2. The number of carbonyl (C=O) groups excluding carboxylic acids is 1. The van der Waals surface area contributed by atoms with E-state index < -0.39 is 0 Å². The van der Waals surface area contributed by atoms with Gasteiger partial charge in [-0.2, -0.15) is 11.8 Å². The molecule has 1 saturated heterocycles. The van der Waals surface area contributed by atoms with Gasteiger partial charge in [-0.25, -0.2) is 0 Å². The van der Waals surface area contributed by atoms with E-state index in [2.05, 4.69) is 41.5 Å². The minimum atomic E-state index is 0.195. The number of hydrogen-bond acceptors (Lipinski definition) is 3. The van der Waals surface area contributed by atoms with Gasteiger partial charge in [0.2, 0.25) is 5.91 Å². The van der Waals surface area contributed by atoms with Gasteiger partial charge in [-0.15, -0.1) is 0 Å². The van der Waals surface area contributed by atoms with Crippen molar-refractivity contribution in [1.29, 1.82) is 0 Å². The summed E-state index contributed by atoms with van der Waals surface area (Å²) >= 11 is 1.93. The Kier molecular flexibility index (Phi) is 7.10. The quantitative estimate of drug-likeness (QED) is 0.786. The number of likely N-dealkylation sites (tertiary alicyclic amines) is 1. The largest absolute Gasteiger partial charge is 0.356 e. The molecule has 0 aliphatic carbocycles. The van der Waals surface area contributed by atoms with Crippen molar-refractivity contribution in [1.82, 2.24) is 10.2 Å². The van der Waals surface area contributed by atoms with E-state index in [1.165, 1.54) is 5.56 Å². The molecule has 1 aromatic carbocycles. The van der Waals surface area contributed by atoms with E-state index >= 15 is 0 Å². The van der Waals surface area contributed by atoms with Crippen molar-refractivity contribution in [3.8, 4) is 0 Å². The number of thioether (sulfide) groups is 1. The minimum absolute atomic E-state index is 0.195. The van der Waals surface area contributed by atoms with Gasteiger partial charge in [-0.1, -0.05) is 30.3 Å². The molecule has 0 aromatic heterocycles. The van der Waals surface area contributed by atoms with Gasteiger partial charge in [-0.3, -0.25) is 4.79 Å². The molecule has 1 aromatic rings. The minimum Gasteiger partial charge on any atom is -0.356 e. The normalized spacial score (nSPS) is 19.4. The molecule has 1 aliphatic rings. The Morgan fingerprint density at radius 1 is 1.38 bits per heavy atom. The van der Waals surface area contributed by atoms with Crippen LogP contribution in [0.3, 0.4) is 0 Å². The molecule has 1 atom stereocenters. The van der Waals surface area contributed by atoms with Crippen LogP contribution in [0.4, 0.5) is 0 Å². The van der Waals surface area contributed by atoms with E-state index in [0.717, 1.165) is 50.4 Å². The number of nitrogens with one attached hydrogen (secondary N) is 1. The van der Waals surface area contributed by atoms with Crippen LogP contribution >= 0.6 is 11.8 Å². The standard InChI is InChI=1S/C17H26N2OS/c1-19-11-5-9-16(13-19)17(20)18-10-6-12-21-14-15-7-3-2-4-8-15/h2-4,7-8,16H,5-6,9-14H2,1H3,(H,18,20)/t16-/m0/s1. The van der Waals surface area contributed by atoms with Crippen molar-refractivity contribution in [2.45, 2.75) is 25.0 Å². The molecule has 0 unspecified atom stereocenters. The second kappa shape index (κ2) is 9.11. The number of amides is 1. The fourth-order valence-electron chi connectivity index (χ4n) is 2.67. The Hall–Kier alpha value is -1.00. The Morgan fingerprint density at radius 3 is 2.95 bits per heavy atom. The van der Waals surface area contributed by atoms with Crippen LogP contribution in [0.1, 0.15) is 24.8 Å². The van der Waals surface area contributed by atoms with E-state index in [9.17, 15) is 4.79 Å². The van der Waals surface area contributed by atoms with Crippen molar-refractivity contribution < 1.29 is 4.79 Å². The average Bonchev–Trinajstić information content (AvgIpc) is 2.51. The van der Waals surface area contributed by atoms with Crippen LogP contribution in [-0.2, 0) is 10.5 Å². The molecule has 3 nitrogen and oxygen atoms in total. The summed E-state index contributed by atoms with van der Waals surface area (Å²) in [5, 5.41) is 3.09. The van der Waals surface area contributed by atoms with Gasteiger partial charge in [0.15, 0.2) is 0 Å². The lowest BCUT2D eigenvalue weighted by Crippen LogP contribution is -2.41. The number of piperidine rings is 1. The maximum absolute atomic E-state index is 12.1. The summed E-state index contributed by atoms with van der Waals surface area (Å²) in [6.45, 7) is 2.84. The zero-order chi connectivity index (χ0) is 14.9. The number of benzene rings is 1. The predicted octanol–water partition coefficient (Wildman–Crippen LogP) is 2.77. The maximum atomic E-state index is 12.1. The number of hydrogen-bond donors (Lipinski definition) is 1. The zero-order valence-electron chi connectivity index (χ0n) is 12.9. The van der Waals surface area contributed by atoms with Crippen molar-refractivity contribution in [2.75, 3.05) is 32.4 Å². The molecule has 0 radical (unpaired) electrons. The van der Waals surface area contributed by atoms with Crippen LogP contribution in [0, 0.1) is 5.92 Å². The summed E-state index contributed by atoms with van der Waals surface area (Å²) < 4.78 is 0. The summed E-state index contributed by atoms with van der Waals surface area (Å²) in [5.74, 6) is 2.59. The topological polar surface area (TPSA) is 32.3 Å². The second-order valence-corrected chi connectivity index (χ2v) is 6.89. The van der Waals surface area contributed by atoms with Crippen LogP contribution in [0.25, 0.3) is 0 Å². The van der Waals surface area contributed by atoms with Gasteiger partial charge < -0.3 is 10.2 Å². The summed E-state index contributed by atoms with van der Waals surface area (Å²) in [5.41, 5.74) is 1.37. The number of rotatable bonds is 7. The van der Waals surface area contributed by atoms with Crippen molar-refractivity contribution in [3.05, 3.63) is 35.9 Å². The van der Waals surface area contributed by atoms with Gasteiger partial charge in [0.25, 0.3) is 0 Å². The number of nitrogens with zero attached hydrogens (tertiary/aromatic N) is 1. The zero-order valence-corrected chi connectivity index (χ0v) is 13.7. The third kappa shape index (κ3) is 6.10. The van der Waals surface area contributed by atoms with Crippen molar-refractivity contribution in [2.24, 2.45) is 5.92 Å². The molecule has 1 amide bonds. The molecule has 116 valence electrons. The van der Waals surface area contributed by atoms with Gasteiger partial charge in [0.1, 0.15) is 0 Å². The molecule has 1 heterocycles. The third-order valence-electron chi connectivity index (χ3n) is 3.87.